The summed E-state index contributed by atoms with van der Waals surface area (Å²) in [5.41, 5.74) is 7.01. The molecule has 1 aromatic rings. The molecule has 0 aliphatic heterocycles. The van der Waals surface area contributed by atoms with Crippen LogP contribution < -0.4 is 11.1 Å². The fourth-order valence-corrected chi connectivity index (χ4v) is 2.52. The summed E-state index contributed by atoms with van der Waals surface area (Å²) in [6.45, 7) is 0. The summed E-state index contributed by atoms with van der Waals surface area (Å²) < 4.78 is 0. The fraction of sp³-hybridized carbons (Fsp3) is 0.533. The zero-order valence-corrected chi connectivity index (χ0v) is 11.1. The summed E-state index contributed by atoms with van der Waals surface area (Å²) in [5, 5.41) is 12.4. The van der Waals surface area contributed by atoms with Crippen molar-refractivity contribution in [2.24, 2.45) is 5.73 Å². The van der Waals surface area contributed by atoms with E-state index in [1.807, 2.05) is 30.3 Å². The zero-order valence-electron chi connectivity index (χ0n) is 11.1. The van der Waals surface area contributed by atoms with Crippen molar-refractivity contribution >= 4 is 5.91 Å². The Balaban J connectivity index is 1.78. The van der Waals surface area contributed by atoms with Gasteiger partial charge in [0.2, 0.25) is 5.91 Å². The van der Waals surface area contributed by atoms with Crippen LogP contribution in [0.2, 0.25) is 0 Å². The Morgan fingerprint density at radius 2 is 1.89 bits per heavy atom. The normalized spacial score (nSPS) is 24.7. The molecule has 0 bridgehead atoms. The fourth-order valence-electron chi connectivity index (χ4n) is 2.52. The number of carbonyl (C=O) groups is 1. The van der Waals surface area contributed by atoms with Crippen molar-refractivity contribution in [3.8, 4) is 0 Å². The van der Waals surface area contributed by atoms with E-state index < -0.39 is 0 Å². The Hall–Kier alpha value is -1.39. The third-order valence-corrected chi connectivity index (χ3v) is 3.69. The molecule has 1 aromatic carbocycles. The van der Waals surface area contributed by atoms with E-state index in [4.69, 9.17) is 5.73 Å². The molecule has 2 rings (SSSR count). The van der Waals surface area contributed by atoms with Crippen LogP contribution in [0.3, 0.4) is 0 Å². The van der Waals surface area contributed by atoms with Gasteiger partial charge >= 0.3 is 0 Å². The van der Waals surface area contributed by atoms with Crippen molar-refractivity contribution in [1.29, 1.82) is 0 Å². The minimum atomic E-state index is -0.254. The minimum absolute atomic E-state index is 0.00209. The van der Waals surface area contributed by atoms with Gasteiger partial charge in [-0.1, -0.05) is 30.3 Å². The van der Waals surface area contributed by atoms with E-state index >= 15 is 0 Å². The predicted octanol–water partition coefficient (Wildman–Crippen LogP) is 1.50. The van der Waals surface area contributed by atoms with Crippen LogP contribution in [0.15, 0.2) is 30.3 Å². The average Bonchev–Trinajstić information content (AvgIpc) is 2.42. The number of hydrogen-bond donors (Lipinski definition) is 3. The van der Waals surface area contributed by atoms with Crippen molar-refractivity contribution in [3.63, 3.8) is 0 Å². The lowest BCUT2D eigenvalue weighted by Crippen LogP contribution is -2.39. The van der Waals surface area contributed by atoms with Gasteiger partial charge in [-0.05, 0) is 31.2 Å². The maximum Gasteiger partial charge on any atom is 0.222 e. The zero-order chi connectivity index (χ0) is 13.7. The van der Waals surface area contributed by atoms with Crippen LogP contribution in [-0.2, 0) is 4.79 Å². The number of nitrogens with two attached hydrogens (primary N) is 1. The van der Waals surface area contributed by atoms with E-state index in [0.29, 0.717) is 6.42 Å². The Kier molecular flexibility index (Phi) is 4.93. The highest BCUT2D eigenvalue weighted by atomic mass is 16.3. The Bertz CT molecular complexity index is 400. The molecule has 0 radical (unpaired) electrons. The number of carbonyl (C=O) groups excluding carboxylic acids is 1. The number of nitrogens with one attached hydrogen (secondary N) is 1. The molecule has 1 saturated carbocycles. The third kappa shape index (κ3) is 4.33. The molecule has 4 nitrogen and oxygen atoms in total. The first-order chi connectivity index (χ1) is 9.15. The highest BCUT2D eigenvalue weighted by Gasteiger charge is 2.21. The highest BCUT2D eigenvalue weighted by Crippen LogP contribution is 2.19. The van der Waals surface area contributed by atoms with Crippen molar-refractivity contribution in [2.75, 3.05) is 0 Å². The molecule has 1 aliphatic carbocycles. The van der Waals surface area contributed by atoms with Gasteiger partial charge < -0.3 is 16.2 Å². The van der Waals surface area contributed by atoms with E-state index in [2.05, 4.69) is 5.32 Å². The second-order valence-corrected chi connectivity index (χ2v) is 5.29. The van der Waals surface area contributed by atoms with Crippen LogP contribution in [0.25, 0.3) is 0 Å². The van der Waals surface area contributed by atoms with Crippen molar-refractivity contribution in [1.82, 2.24) is 5.32 Å². The number of rotatable bonds is 4. The quantitative estimate of drug-likeness (QED) is 0.769. The van der Waals surface area contributed by atoms with Gasteiger partial charge in [-0.25, -0.2) is 0 Å². The SMILES string of the molecule is NC(CC(=O)NC1CCC(O)CC1)c1ccccc1. The lowest BCUT2D eigenvalue weighted by Gasteiger charge is -2.26. The number of aliphatic hydroxyl groups is 1. The van der Waals surface area contributed by atoms with E-state index in [0.717, 1.165) is 31.2 Å². The number of benzene rings is 1. The van der Waals surface area contributed by atoms with Crippen LogP contribution >= 0.6 is 0 Å². The molecule has 4 heteroatoms. The lowest BCUT2D eigenvalue weighted by molar-refractivity contribution is -0.122. The van der Waals surface area contributed by atoms with E-state index in [9.17, 15) is 9.90 Å². The molecule has 1 unspecified atom stereocenters. The molecule has 104 valence electrons. The number of aliphatic hydroxyl groups excluding tert-OH is 1. The Labute approximate surface area is 114 Å². The Morgan fingerprint density at radius 1 is 1.26 bits per heavy atom. The topological polar surface area (TPSA) is 75.4 Å². The molecule has 4 N–H and O–H groups in total. The van der Waals surface area contributed by atoms with E-state index in [-0.39, 0.29) is 24.1 Å². The first-order valence-corrected chi connectivity index (χ1v) is 6.93. The third-order valence-electron chi connectivity index (χ3n) is 3.69. The second kappa shape index (κ2) is 6.68. The lowest BCUT2D eigenvalue weighted by atomic mass is 9.93. The van der Waals surface area contributed by atoms with Gasteiger partial charge in [-0.2, -0.15) is 0 Å². The maximum atomic E-state index is 11.9. The van der Waals surface area contributed by atoms with Crippen LogP contribution in [0.1, 0.15) is 43.7 Å². The highest BCUT2D eigenvalue weighted by molar-refractivity contribution is 5.77. The molecule has 0 aromatic heterocycles. The van der Waals surface area contributed by atoms with Gasteiger partial charge in [-0.15, -0.1) is 0 Å². The summed E-state index contributed by atoms with van der Waals surface area (Å²) >= 11 is 0. The maximum absolute atomic E-state index is 11.9. The second-order valence-electron chi connectivity index (χ2n) is 5.29. The molecule has 1 fully saturated rings. The predicted molar refractivity (Wildman–Crippen MR) is 74.4 cm³/mol. The van der Waals surface area contributed by atoms with Crippen molar-refractivity contribution in [3.05, 3.63) is 35.9 Å². The molecule has 0 spiro atoms. The summed E-state index contributed by atoms with van der Waals surface area (Å²) in [7, 11) is 0. The van der Waals surface area contributed by atoms with Gasteiger partial charge in [0.25, 0.3) is 0 Å². The summed E-state index contributed by atoms with van der Waals surface area (Å²) in [6, 6.07) is 9.60. The van der Waals surface area contributed by atoms with Gasteiger partial charge in [0, 0.05) is 18.5 Å². The van der Waals surface area contributed by atoms with Gasteiger partial charge in [-0.3, -0.25) is 4.79 Å². The van der Waals surface area contributed by atoms with Crippen LogP contribution in [0, 0.1) is 0 Å². The summed E-state index contributed by atoms with van der Waals surface area (Å²) in [4.78, 5) is 11.9. The van der Waals surface area contributed by atoms with Crippen LogP contribution in [0.5, 0.6) is 0 Å². The molecule has 1 amide bonds. The summed E-state index contributed by atoms with van der Waals surface area (Å²) in [5.74, 6) is -0.00209. The van der Waals surface area contributed by atoms with Crippen LogP contribution in [0.4, 0.5) is 0 Å². The largest absolute Gasteiger partial charge is 0.393 e. The van der Waals surface area contributed by atoms with Crippen molar-refractivity contribution < 1.29 is 9.90 Å². The van der Waals surface area contributed by atoms with Gasteiger partial charge in [0.05, 0.1) is 6.10 Å². The first kappa shape index (κ1) is 14.0. The van der Waals surface area contributed by atoms with E-state index in [1.165, 1.54) is 0 Å². The molecular formula is C15H22N2O2. The van der Waals surface area contributed by atoms with E-state index in [1.54, 1.807) is 0 Å². The van der Waals surface area contributed by atoms with Gasteiger partial charge in [0.15, 0.2) is 0 Å². The number of amides is 1. The molecule has 19 heavy (non-hydrogen) atoms. The first-order valence-electron chi connectivity index (χ1n) is 6.93. The minimum Gasteiger partial charge on any atom is -0.393 e. The van der Waals surface area contributed by atoms with Gasteiger partial charge in [0.1, 0.15) is 0 Å². The van der Waals surface area contributed by atoms with Crippen molar-refractivity contribution in [2.45, 2.75) is 50.3 Å². The smallest absolute Gasteiger partial charge is 0.222 e. The molecular weight excluding hydrogens is 240 g/mol. The Morgan fingerprint density at radius 3 is 2.53 bits per heavy atom. The summed E-state index contributed by atoms with van der Waals surface area (Å²) in [6.07, 6.45) is 3.37. The standard InChI is InChI=1S/C15H22N2O2/c16-14(11-4-2-1-3-5-11)10-15(19)17-12-6-8-13(18)9-7-12/h1-5,12-14,18H,6-10,16H2,(H,17,19). The number of hydrogen-bond acceptors (Lipinski definition) is 3. The monoisotopic (exact) mass is 262 g/mol. The molecule has 1 atom stereocenters. The molecule has 1 aliphatic rings. The average molecular weight is 262 g/mol. The molecule has 0 heterocycles. The van der Waals surface area contributed by atoms with Crippen LogP contribution in [-0.4, -0.2) is 23.2 Å². The molecule has 0 saturated heterocycles.